The van der Waals surface area contributed by atoms with Gasteiger partial charge in [-0.15, -0.1) is 0 Å². The van der Waals surface area contributed by atoms with Gasteiger partial charge in [0.1, 0.15) is 0 Å². The molecule has 80 valence electrons. The van der Waals surface area contributed by atoms with Crippen molar-refractivity contribution in [3.05, 3.63) is 0 Å². The fourth-order valence-corrected chi connectivity index (χ4v) is 1.26. The molecular weight excluding hydrogens is 168 g/mol. The molecule has 0 bridgehead atoms. The van der Waals surface area contributed by atoms with Crippen molar-refractivity contribution in [1.82, 2.24) is 0 Å². The zero-order chi connectivity index (χ0) is 10.1. The zero-order valence-electron chi connectivity index (χ0n) is 8.45. The summed E-state index contributed by atoms with van der Waals surface area (Å²) in [6.45, 7) is 2.22. The molecule has 0 radical (unpaired) electrons. The van der Waals surface area contributed by atoms with Gasteiger partial charge in [-0.2, -0.15) is 0 Å². The molecule has 0 fully saturated rings. The normalized spacial score (nSPS) is 15.7. The van der Waals surface area contributed by atoms with E-state index in [4.69, 9.17) is 5.11 Å². The molecule has 0 amide bonds. The van der Waals surface area contributed by atoms with Crippen LogP contribution in [0.4, 0.5) is 0 Å². The highest BCUT2D eigenvalue weighted by Crippen LogP contribution is 2.10. The van der Waals surface area contributed by atoms with Crippen molar-refractivity contribution in [3.63, 3.8) is 0 Å². The van der Waals surface area contributed by atoms with Crippen LogP contribution in [0.25, 0.3) is 0 Å². The number of hydrogen-bond acceptors (Lipinski definition) is 3. The maximum atomic E-state index is 9.44. The molecule has 0 aromatic carbocycles. The minimum Gasteiger partial charge on any atom is -0.396 e. The summed E-state index contributed by atoms with van der Waals surface area (Å²) in [6, 6.07) is 0. The Morgan fingerprint density at radius 3 is 1.92 bits per heavy atom. The Balaban J connectivity index is 3.38. The summed E-state index contributed by atoms with van der Waals surface area (Å²) in [5, 5.41) is 27.4. The Bertz CT molecular complexity index is 106. The standard InChI is InChI=1S/C10H22O3/c1-2-3-6-9(12)10(13)7-4-5-8-11/h9-13H,2-8H2,1H3. The van der Waals surface area contributed by atoms with E-state index in [0.29, 0.717) is 19.3 Å². The molecule has 0 rings (SSSR count). The molecule has 3 heteroatoms. The van der Waals surface area contributed by atoms with Crippen molar-refractivity contribution < 1.29 is 15.3 Å². The van der Waals surface area contributed by atoms with E-state index in [1.54, 1.807) is 0 Å². The fourth-order valence-electron chi connectivity index (χ4n) is 1.26. The lowest BCUT2D eigenvalue weighted by Crippen LogP contribution is -2.25. The molecule has 0 aromatic rings. The van der Waals surface area contributed by atoms with Gasteiger partial charge in [-0.25, -0.2) is 0 Å². The van der Waals surface area contributed by atoms with Crippen LogP contribution in [0.15, 0.2) is 0 Å². The fraction of sp³-hybridized carbons (Fsp3) is 1.00. The van der Waals surface area contributed by atoms with Crippen LogP contribution >= 0.6 is 0 Å². The Morgan fingerprint density at radius 2 is 1.46 bits per heavy atom. The van der Waals surface area contributed by atoms with Crippen LogP contribution in [0.5, 0.6) is 0 Å². The molecule has 0 aliphatic carbocycles. The lowest BCUT2D eigenvalue weighted by atomic mass is 10.0. The Morgan fingerprint density at radius 1 is 0.923 bits per heavy atom. The minimum absolute atomic E-state index is 0.164. The van der Waals surface area contributed by atoms with Crippen molar-refractivity contribution in [2.75, 3.05) is 6.61 Å². The quantitative estimate of drug-likeness (QED) is 0.502. The second-order valence-corrected chi connectivity index (χ2v) is 3.50. The maximum Gasteiger partial charge on any atom is 0.0799 e. The highest BCUT2D eigenvalue weighted by Gasteiger charge is 2.14. The minimum atomic E-state index is -0.613. The van der Waals surface area contributed by atoms with E-state index in [1.807, 2.05) is 0 Å². The molecule has 3 N–H and O–H groups in total. The molecule has 0 saturated carbocycles. The highest BCUT2D eigenvalue weighted by molar-refractivity contribution is 4.66. The second kappa shape index (κ2) is 8.48. The van der Waals surface area contributed by atoms with Crippen molar-refractivity contribution >= 4 is 0 Å². The lowest BCUT2D eigenvalue weighted by Gasteiger charge is -2.16. The first kappa shape index (κ1) is 12.9. The molecule has 0 aliphatic heterocycles. The van der Waals surface area contributed by atoms with E-state index in [-0.39, 0.29) is 6.61 Å². The summed E-state index contributed by atoms with van der Waals surface area (Å²) < 4.78 is 0. The number of aliphatic hydroxyl groups is 3. The first-order valence-electron chi connectivity index (χ1n) is 5.19. The lowest BCUT2D eigenvalue weighted by molar-refractivity contribution is 0.00689. The number of rotatable bonds is 8. The van der Waals surface area contributed by atoms with Crippen LogP contribution in [0.3, 0.4) is 0 Å². The summed E-state index contributed by atoms with van der Waals surface area (Å²) in [5.74, 6) is 0. The van der Waals surface area contributed by atoms with Crippen molar-refractivity contribution in [2.24, 2.45) is 0 Å². The van der Waals surface area contributed by atoms with Crippen LogP contribution in [-0.4, -0.2) is 34.1 Å². The predicted octanol–water partition coefficient (Wildman–Crippen LogP) is 1.06. The molecule has 13 heavy (non-hydrogen) atoms. The van der Waals surface area contributed by atoms with Gasteiger partial charge in [0, 0.05) is 6.61 Å². The maximum absolute atomic E-state index is 9.44. The monoisotopic (exact) mass is 190 g/mol. The van der Waals surface area contributed by atoms with E-state index in [1.165, 1.54) is 0 Å². The number of hydrogen-bond donors (Lipinski definition) is 3. The van der Waals surface area contributed by atoms with Gasteiger partial charge in [0.05, 0.1) is 12.2 Å². The van der Waals surface area contributed by atoms with Gasteiger partial charge in [0.2, 0.25) is 0 Å². The van der Waals surface area contributed by atoms with Gasteiger partial charge in [-0.05, 0) is 25.7 Å². The number of aliphatic hydroxyl groups excluding tert-OH is 3. The first-order chi connectivity index (χ1) is 6.22. The van der Waals surface area contributed by atoms with Crippen LogP contribution in [0, 0.1) is 0 Å². The van der Waals surface area contributed by atoms with Crippen LogP contribution in [0.2, 0.25) is 0 Å². The Labute approximate surface area is 80.4 Å². The van der Waals surface area contributed by atoms with E-state index in [0.717, 1.165) is 19.3 Å². The predicted molar refractivity (Wildman–Crippen MR) is 52.5 cm³/mol. The van der Waals surface area contributed by atoms with Crippen LogP contribution < -0.4 is 0 Å². The molecule has 0 saturated heterocycles. The number of unbranched alkanes of at least 4 members (excludes halogenated alkanes) is 2. The summed E-state index contributed by atoms with van der Waals surface area (Å²) in [7, 11) is 0. The third-order valence-corrected chi connectivity index (χ3v) is 2.21. The van der Waals surface area contributed by atoms with Crippen molar-refractivity contribution in [1.29, 1.82) is 0 Å². The summed E-state index contributed by atoms with van der Waals surface area (Å²) in [4.78, 5) is 0. The van der Waals surface area contributed by atoms with Gasteiger partial charge in [0.15, 0.2) is 0 Å². The highest BCUT2D eigenvalue weighted by atomic mass is 16.3. The summed E-state index contributed by atoms with van der Waals surface area (Å²) in [5.41, 5.74) is 0. The van der Waals surface area contributed by atoms with Crippen LogP contribution in [0.1, 0.15) is 45.4 Å². The van der Waals surface area contributed by atoms with Gasteiger partial charge < -0.3 is 15.3 Å². The van der Waals surface area contributed by atoms with E-state index < -0.39 is 12.2 Å². The molecule has 0 spiro atoms. The van der Waals surface area contributed by atoms with Crippen LogP contribution in [-0.2, 0) is 0 Å². The van der Waals surface area contributed by atoms with E-state index in [2.05, 4.69) is 6.92 Å². The molecule has 2 atom stereocenters. The zero-order valence-corrected chi connectivity index (χ0v) is 8.45. The molecule has 3 nitrogen and oxygen atoms in total. The molecule has 0 aliphatic rings. The van der Waals surface area contributed by atoms with E-state index in [9.17, 15) is 10.2 Å². The summed E-state index contributed by atoms with van der Waals surface area (Å²) in [6.07, 6.45) is 3.55. The SMILES string of the molecule is CCCCC(O)C(O)CCCCO. The van der Waals surface area contributed by atoms with Crippen molar-refractivity contribution in [2.45, 2.75) is 57.7 Å². The van der Waals surface area contributed by atoms with Gasteiger partial charge in [-0.1, -0.05) is 19.8 Å². The smallest absolute Gasteiger partial charge is 0.0799 e. The van der Waals surface area contributed by atoms with Gasteiger partial charge in [0.25, 0.3) is 0 Å². The van der Waals surface area contributed by atoms with Crippen molar-refractivity contribution in [3.8, 4) is 0 Å². The molecule has 0 aromatic heterocycles. The van der Waals surface area contributed by atoms with E-state index >= 15 is 0 Å². The molecule has 0 heterocycles. The Hall–Kier alpha value is -0.120. The summed E-state index contributed by atoms with van der Waals surface area (Å²) >= 11 is 0. The average Bonchev–Trinajstić information content (AvgIpc) is 2.14. The Kier molecular flexibility index (Phi) is 8.40. The third kappa shape index (κ3) is 6.99. The first-order valence-corrected chi connectivity index (χ1v) is 5.19. The van der Waals surface area contributed by atoms with Gasteiger partial charge in [-0.3, -0.25) is 0 Å². The topological polar surface area (TPSA) is 60.7 Å². The third-order valence-electron chi connectivity index (χ3n) is 2.21. The average molecular weight is 190 g/mol. The van der Waals surface area contributed by atoms with Gasteiger partial charge >= 0.3 is 0 Å². The molecule has 2 unspecified atom stereocenters. The molecular formula is C10H22O3. The second-order valence-electron chi connectivity index (χ2n) is 3.50. The largest absolute Gasteiger partial charge is 0.396 e.